The molecule has 0 saturated heterocycles. The number of benzene rings is 1. The maximum atomic E-state index is 10.9. The molecule has 1 aliphatic carbocycles. The number of nitrogens with zero attached hydrogens (tertiary/aromatic N) is 1. The van der Waals surface area contributed by atoms with Gasteiger partial charge in [-0.15, -0.1) is 0 Å². The number of hydrogen-bond donors (Lipinski definition) is 1. The second-order valence-electron chi connectivity index (χ2n) is 6.17. The molecule has 1 N–H and O–H groups in total. The van der Waals surface area contributed by atoms with Crippen LogP contribution >= 0.6 is 0 Å². The van der Waals surface area contributed by atoms with Gasteiger partial charge < -0.3 is 9.84 Å². The molecular formula is C20H21NO3. The highest BCUT2D eigenvalue weighted by molar-refractivity contribution is 5.75. The van der Waals surface area contributed by atoms with Crippen LogP contribution < -0.4 is 4.74 Å². The predicted octanol–water partition coefficient (Wildman–Crippen LogP) is 4.27. The average Bonchev–Trinajstić information content (AvgIpc) is 3.41. The third-order valence-corrected chi connectivity index (χ3v) is 4.47. The molecule has 1 aromatic heterocycles. The van der Waals surface area contributed by atoms with Crippen LogP contribution in [-0.4, -0.2) is 16.1 Å². The normalized spacial score (nSPS) is 19.8. The fourth-order valence-corrected chi connectivity index (χ4v) is 2.73. The van der Waals surface area contributed by atoms with E-state index in [1.165, 1.54) is 11.1 Å². The van der Waals surface area contributed by atoms with Gasteiger partial charge in [0.2, 0.25) is 0 Å². The number of carbonyl (C=O) groups is 1. The zero-order valence-corrected chi connectivity index (χ0v) is 13.9. The molecule has 2 atom stereocenters. The van der Waals surface area contributed by atoms with Crippen LogP contribution in [0.15, 0.2) is 48.7 Å². The second-order valence-corrected chi connectivity index (χ2v) is 6.17. The van der Waals surface area contributed by atoms with Crippen molar-refractivity contribution in [1.82, 2.24) is 4.98 Å². The molecule has 0 radical (unpaired) electrons. The fraction of sp³-hybridized carbons (Fsp3) is 0.300. The Hall–Kier alpha value is -2.62. The van der Waals surface area contributed by atoms with E-state index < -0.39 is 5.97 Å². The van der Waals surface area contributed by atoms with E-state index in [0.29, 0.717) is 18.8 Å². The van der Waals surface area contributed by atoms with Crippen LogP contribution in [0.1, 0.15) is 43.0 Å². The van der Waals surface area contributed by atoms with Crippen LogP contribution in [0, 0.1) is 5.92 Å². The third-order valence-electron chi connectivity index (χ3n) is 4.47. The van der Waals surface area contributed by atoms with Crippen LogP contribution in [0.25, 0.3) is 5.57 Å². The first kappa shape index (κ1) is 16.2. The molecule has 124 valence electrons. The molecule has 2 aromatic rings. The minimum Gasteiger partial charge on any atom is -0.487 e. The molecule has 0 aliphatic heterocycles. The number of allylic oxidation sites excluding steroid dienone is 2. The van der Waals surface area contributed by atoms with E-state index in [4.69, 9.17) is 9.84 Å². The van der Waals surface area contributed by atoms with Crippen molar-refractivity contribution in [3.8, 4) is 5.75 Å². The third kappa shape index (κ3) is 3.65. The Balaban J connectivity index is 1.60. The Bertz CT molecular complexity index is 765. The SMILES string of the molecule is C/C=C(\C)c1cccc(COc2ccc(C3CC3C(=O)O)nc2)c1. The van der Waals surface area contributed by atoms with Crippen LogP contribution in [-0.2, 0) is 11.4 Å². The number of carboxylic acids is 1. The predicted molar refractivity (Wildman–Crippen MR) is 92.8 cm³/mol. The number of pyridine rings is 1. The molecule has 1 aliphatic rings. The minimum absolute atomic E-state index is 0.0528. The Morgan fingerprint density at radius 2 is 2.21 bits per heavy atom. The van der Waals surface area contributed by atoms with Gasteiger partial charge in [0.1, 0.15) is 12.4 Å². The number of rotatable bonds is 6. The van der Waals surface area contributed by atoms with Crippen LogP contribution in [0.4, 0.5) is 0 Å². The summed E-state index contributed by atoms with van der Waals surface area (Å²) in [6.45, 7) is 4.60. The van der Waals surface area contributed by atoms with E-state index in [-0.39, 0.29) is 11.8 Å². The Kier molecular flexibility index (Phi) is 4.65. The number of aromatic nitrogens is 1. The summed E-state index contributed by atoms with van der Waals surface area (Å²) < 4.78 is 5.79. The van der Waals surface area contributed by atoms with Crippen molar-refractivity contribution in [3.63, 3.8) is 0 Å². The van der Waals surface area contributed by atoms with Crippen molar-refractivity contribution in [3.05, 3.63) is 65.5 Å². The molecule has 0 spiro atoms. The first-order valence-corrected chi connectivity index (χ1v) is 8.12. The largest absolute Gasteiger partial charge is 0.487 e. The van der Waals surface area contributed by atoms with E-state index in [9.17, 15) is 4.79 Å². The summed E-state index contributed by atoms with van der Waals surface area (Å²) in [5.74, 6) is -0.267. The van der Waals surface area contributed by atoms with Gasteiger partial charge in [-0.05, 0) is 55.2 Å². The number of hydrogen-bond acceptors (Lipinski definition) is 3. The number of carboxylic acid groups (broad SMARTS) is 1. The molecule has 0 amide bonds. The average molecular weight is 323 g/mol. The van der Waals surface area contributed by atoms with E-state index >= 15 is 0 Å². The standard InChI is InChI=1S/C20H21NO3/c1-3-13(2)15-6-4-5-14(9-15)12-24-16-7-8-19(21-11-16)17-10-18(17)20(22)23/h3-9,11,17-18H,10,12H2,1-2H3,(H,22,23)/b13-3+. The topological polar surface area (TPSA) is 59.4 Å². The lowest BCUT2D eigenvalue weighted by Crippen LogP contribution is -2.00. The Morgan fingerprint density at radius 1 is 1.38 bits per heavy atom. The number of ether oxygens (including phenoxy) is 1. The number of aliphatic carboxylic acids is 1. The van der Waals surface area contributed by atoms with Gasteiger partial charge in [-0.1, -0.05) is 24.3 Å². The van der Waals surface area contributed by atoms with Gasteiger partial charge in [-0.3, -0.25) is 9.78 Å². The highest BCUT2D eigenvalue weighted by Gasteiger charge is 2.45. The summed E-state index contributed by atoms with van der Waals surface area (Å²) in [6.07, 6.45) is 4.44. The van der Waals surface area contributed by atoms with E-state index in [2.05, 4.69) is 30.1 Å². The smallest absolute Gasteiger partial charge is 0.307 e. The first-order chi connectivity index (χ1) is 11.6. The van der Waals surface area contributed by atoms with E-state index in [1.807, 2.05) is 31.2 Å². The van der Waals surface area contributed by atoms with Gasteiger partial charge >= 0.3 is 5.97 Å². The molecule has 1 saturated carbocycles. The van der Waals surface area contributed by atoms with Crippen LogP contribution in [0.3, 0.4) is 0 Å². The van der Waals surface area contributed by atoms with Crippen LogP contribution in [0.5, 0.6) is 5.75 Å². The van der Waals surface area contributed by atoms with Crippen molar-refractivity contribution in [2.75, 3.05) is 0 Å². The van der Waals surface area contributed by atoms with Crippen molar-refractivity contribution in [2.24, 2.45) is 5.92 Å². The highest BCUT2D eigenvalue weighted by atomic mass is 16.5. The Morgan fingerprint density at radius 3 is 2.83 bits per heavy atom. The van der Waals surface area contributed by atoms with Gasteiger partial charge in [0.05, 0.1) is 12.1 Å². The molecule has 4 nitrogen and oxygen atoms in total. The maximum Gasteiger partial charge on any atom is 0.307 e. The Labute approximate surface area is 141 Å². The lowest BCUT2D eigenvalue weighted by Gasteiger charge is -2.08. The summed E-state index contributed by atoms with van der Waals surface area (Å²) >= 11 is 0. The van der Waals surface area contributed by atoms with Gasteiger partial charge in [-0.2, -0.15) is 0 Å². The van der Waals surface area contributed by atoms with E-state index in [1.54, 1.807) is 6.20 Å². The molecule has 1 fully saturated rings. The lowest BCUT2D eigenvalue weighted by molar-refractivity contribution is -0.138. The maximum absolute atomic E-state index is 10.9. The summed E-state index contributed by atoms with van der Waals surface area (Å²) in [4.78, 5) is 15.3. The van der Waals surface area contributed by atoms with Gasteiger partial charge in [0.15, 0.2) is 0 Å². The molecule has 2 unspecified atom stereocenters. The molecule has 4 heteroatoms. The summed E-state index contributed by atoms with van der Waals surface area (Å²) in [5.41, 5.74) is 4.37. The van der Waals surface area contributed by atoms with Crippen LogP contribution in [0.2, 0.25) is 0 Å². The molecule has 24 heavy (non-hydrogen) atoms. The van der Waals surface area contributed by atoms with E-state index in [0.717, 1.165) is 11.3 Å². The molecule has 3 rings (SSSR count). The second kappa shape index (κ2) is 6.87. The molecular weight excluding hydrogens is 302 g/mol. The van der Waals surface area contributed by atoms with Crippen molar-refractivity contribution < 1.29 is 14.6 Å². The lowest BCUT2D eigenvalue weighted by atomic mass is 10.0. The van der Waals surface area contributed by atoms with Gasteiger partial charge in [0, 0.05) is 11.6 Å². The minimum atomic E-state index is -0.738. The van der Waals surface area contributed by atoms with Gasteiger partial charge in [-0.25, -0.2) is 0 Å². The zero-order valence-electron chi connectivity index (χ0n) is 13.9. The van der Waals surface area contributed by atoms with Crippen molar-refractivity contribution in [1.29, 1.82) is 0 Å². The highest BCUT2D eigenvalue weighted by Crippen LogP contribution is 2.46. The van der Waals surface area contributed by atoms with Gasteiger partial charge in [0.25, 0.3) is 0 Å². The summed E-state index contributed by atoms with van der Waals surface area (Å²) in [6, 6.07) is 12.0. The van der Waals surface area contributed by atoms with Crippen molar-refractivity contribution >= 4 is 11.5 Å². The summed E-state index contributed by atoms with van der Waals surface area (Å²) in [5, 5.41) is 8.97. The molecule has 0 bridgehead atoms. The zero-order chi connectivity index (χ0) is 17.1. The quantitative estimate of drug-likeness (QED) is 0.862. The molecule has 1 heterocycles. The summed E-state index contributed by atoms with van der Waals surface area (Å²) in [7, 11) is 0. The fourth-order valence-electron chi connectivity index (χ4n) is 2.73. The van der Waals surface area contributed by atoms with Crippen molar-refractivity contribution in [2.45, 2.75) is 32.8 Å². The monoisotopic (exact) mass is 323 g/mol. The molecule has 1 aromatic carbocycles. The first-order valence-electron chi connectivity index (χ1n) is 8.12.